The van der Waals surface area contributed by atoms with E-state index in [1.54, 1.807) is 7.11 Å². The minimum Gasteiger partial charge on any atom is -0.495 e. The van der Waals surface area contributed by atoms with Gasteiger partial charge in [-0.05, 0) is 38.4 Å². The van der Waals surface area contributed by atoms with Crippen LogP contribution >= 0.6 is 0 Å². The lowest BCUT2D eigenvalue weighted by atomic mass is 9.92. The number of carbonyl (C=O) groups excluding carboxylic acids is 1. The molecule has 1 saturated heterocycles. The molecule has 1 fully saturated rings. The van der Waals surface area contributed by atoms with Crippen molar-refractivity contribution in [1.29, 1.82) is 0 Å². The number of amides is 1. The van der Waals surface area contributed by atoms with Gasteiger partial charge in [0.1, 0.15) is 16.9 Å². The maximum absolute atomic E-state index is 12.7. The molecule has 25 heavy (non-hydrogen) atoms. The van der Waals surface area contributed by atoms with Gasteiger partial charge in [0, 0.05) is 28.8 Å². The monoisotopic (exact) mass is 338 g/mol. The van der Waals surface area contributed by atoms with E-state index in [-0.39, 0.29) is 11.8 Å². The van der Waals surface area contributed by atoms with Crippen molar-refractivity contribution < 1.29 is 13.9 Å². The first-order valence-corrected chi connectivity index (χ1v) is 8.69. The molecular formula is C20H22N2O3. The Morgan fingerprint density at radius 3 is 2.88 bits per heavy atom. The highest BCUT2D eigenvalue weighted by Crippen LogP contribution is 2.36. The maximum atomic E-state index is 12.7. The van der Waals surface area contributed by atoms with Gasteiger partial charge in [-0.2, -0.15) is 0 Å². The van der Waals surface area contributed by atoms with Crippen LogP contribution in [0.3, 0.4) is 0 Å². The van der Waals surface area contributed by atoms with Crippen molar-refractivity contribution in [2.24, 2.45) is 5.92 Å². The Balaban J connectivity index is 1.68. The number of hydrogen-bond acceptors (Lipinski definition) is 4. The van der Waals surface area contributed by atoms with Gasteiger partial charge in [-0.3, -0.25) is 4.79 Å². The SMILES string of the molecule is COc1cc2c(cc1NC(=O)[C@H]1CCN[C@@H](C)C1)oc1ccccc12. The molecule has 0 saturated carbocycles. The van der Waals surface area contributed by atoms with Crippen molar-refractivity contribution in [3.63, 3.8) is 0 Å². The van der Waals surface area contributed by atoms with Crippen LogP contribution in [0.1, 0.15) is 19.8 Å². The summed E-state index contributed by atoms with van der Waals surface area (Å²) in [4.78, 5) is 12.7. The van der Waals surface area contributed by atoms with Gasteiger partial charge in [0.15, 0.2) is 0 Å². The average molecular weight is 338 g/mol. The zero-order valence-electron chi connectivity index (χ0n) is 14.5. The predicted molar refractivity (Wildman–Crippen MR) is 99.1 cm³/mol. The molecule has 0 radical (unpaired) electrons. The summed E-state index contributed by atoms with van der Waals surface area (Å²) in [6, 6.07) is 12.1. The second-order valence-electron chi connectivity index (χ2n) is 6.71. The Morgan fingerprint density at radius 1 is 1.24 bits per heavy atom. The smallest absolute Gasteiger partial charge is 0.227 e. The lowest BCUT2D eigenvalue weighted by Crippen LogP contribution is -2.40. The van der Waals surface area contributed by atoms with Gasteiger partial charge in [-0.25, -0.2) is 0 Å². The van der Waals surface area contributed by atoms with Crippen LogP contribution in [0.15, 0.2) is 40.8 Å². The predicted octanol–water partition coefficient (Wildman–Crippen LogP) is 3.92. The largest absolute Gasteiger partial charge is 0.495 e. The van der Waals surface area contributed by atoms with E-state index in [1.807, 2.05) is 36.4 Å². The lowest BCUT2D eigenvalue weighted by molar-refractivity contribution is -0.120. The summed E-state index contributed by atoms with van der Waals surface area (Å²) in [5, 5.41) is 8.44. The average Bonchev–Trinajstić information content (AvgIpc) is 2.98. The number of anilines is 1. The van der Waals surface area contributed by atoms with Crippen molar-refractivity contribution in [1.82, 2.24) is 5.32 Å². The minimum absolute atomic E-state index is 0.0207. The first-order chi connectivity index (χ1) is 12.2. The van der Waals surface area contributed by atoms with Gasteiger partial charge < -0.3 is 19.8 Å². The number of furan rings is 1. The van der Waals surface area contributed by atoms with E-state index in [2.05, 4.69) is 17.6 Å². The van der Waals surface area contributed by atoms with Crippen LogP contribution in [0.25, 0.3) is 21.9 Å². The Labute approximate surface area is 146 Å². The van der Waals surface area contributed by atoms with Gasteiger partial charge in [0.05, 0.1) is 12.8 Å². The number of hydrogen-bond donors (Lipinski definition) is 2. The summed E-state index contributed by atoms with van der Waals surface area (Å²) in [6.07, 6.45) is 1.70. The van der Waals surface area contributed by atoms with Gasteiger partial charge in [-0.15, -0.1) is 0 Å². The molecule has 2 aromatic carbocycles. The number of nitrogens with one attached hydrogen (secondary N) is 2. The zero-order valence-corrected chi connectivity index (χ0v) is 14.5. The topological polar surface area (TPSA) is 63.5 Å². The molecule has 1 aliphatic rings. The summed E-state index contributed by atoms with van der Waals surface area (Å²) in [5.41, 5.74) is 2.23. The molecule has 0 unspecified atom stereocenters. The highest BCUT2D eigenvalue weighted by atomic mass is 16.5. The Morgan fingerprint density at radius 2 is 2.08 bits per heavy atom. The van der Waals surface area contributed by atoms with Crippen molar-refractivity contribution >= 4 is 33.5 Å². The van der Waals surface area contributed by atoms with Gasteiger partial charge >= 0.3 is 0 Å². The van der Waals surface area contributed by atoms with Gasteiger partial charge in [0.2, 0.25) is 5.91 Å². The molecule has 5 heteroatoms. The maximum Gasteiger partial charge on any atom is 0.227 e. The number of ether oxygens (including phenoxy) is 1. The molecule has 1 aromatic heterocycles. The third-order valence-electron chi connectivity index (χ3n) is 4.95. The Kier molecular flexibility index (Phi) is 4.09. The molecule has 3 aromatic rings. The van der Waals surface area contributed by atoms with E-state index in [0.29, 0.717) is 17.5 Å². The summed E-state index contributed by atoms with van der Waals surface area (Å²) < 4.78 is 11.4. The molecule has 2 N–H and O–H groups in total. The number of benzene rings is 2. The third kappa shape index (κ3) is 2.96. The quantitative estimate of drug-likeness (QED) is 0.760. The van der Waals surface area contributed by atoms with Crippen molar-refractivity contribution in [2.75, 3.05) is 19.0 Å². The van der Waals surface area contributed by atoms with E-state index in [0.717, 1.165) is 41.3 Å². The van der Waals surface area contributed by atoms with E-state index < -0.39 is 0 Å². The van der Waals surface area contributed by atoms with Crippen molar-refractivity contribution in [3.05, 3.63) is 36.4 Å². The van der Waals surface area contributed by atoms with Crippen LogP contribution in [0.5, 0.6) is 5.75 Å². The zero-order chi connectivity index (χ0) is 17.4. The number of fused-ring (bicyclic) bond motifs is 3. The van der Waals surface area contributed by atoms with Crippen LogP contribution in [0.4, 0.5) is 5.69 Å². The lowest BCUT2D eigenvalue weighted by Gasteiger charge is -2.27. The van der Waals surface area contributed by atoms with Crippen molar-refractivity contribution in [2.45, 2.75) is 25.8 Å². The third-order valence-corrected chi connectivity index (χ3v) is 4.95. The number of para-hydroxylation sites is 1. The second kappa shape index (κ2) is 6.41. The van der Waals surface area contributed by atoms with Crippen LogP contribution < -0.4 is 15.4 Å². The molecular weight excluding hydrogens is 316 g/mol. The molecule has 1 amide bonds. The molecule has 5 nitrogen and oxygen atoms in total. The first-order valence-electron chi connectivity index (χ1n) is 8.69. The highest BCUT2D eigenvalue weighted by Gasteiger charge is 2.25. The summed E-state index contributed by atoms with van der Waals surface area (Å²) >= 11 is 0. The van der Waals surface area contributed by atoms with Crippen LogP contribution in [-0.2, 0) is 4.79 Å². The van der Waals surface area contributed by atoms with Crippen LogP contribution in [-0.4, -0.2) is 25.6 Å². The van der Waals surface area contributed by atoms with Crippen LogP contribution in [0, 0.1) is 5.92 Å². The van der Waals surface area contributed by atoms with E-state index >= 15 is 0 Å². The Bertz CT molecular complexity index is 931. The van der Waals surface area contributed by atoms with E-state index in [9.17, 15) is 4.79 Å². The number of methoxy groups -OCH3 is 1. The number of rotatable bonds is 3. The van der Waals surface area contributed by atoms with E-state index in [1.165, 1.54) is 0 Å². The van der Waals surface area contributed by atoms with Gasteiger partial charge in [-0.1, -0.05) is 18.2 Å². The molecule has 2 heterocycles. The fourth-order valence-corrected chi connectivity index (χ4v) is 3.62. The normalized spacial score (nSPS) is 20.7. The molecule has 0 spiro atoms. The fraction of sp³-hybridized carbons (Fsp3) is 0.350. The summed E-state index contributed by atoms with van der Waals surface area (Å²) in [6.45, 7) is 2.99. The number of piperidine rings is 1. The molecule has 1 aliphatic heterocycles. The summed E-state index contributed by atoms with van der Waals surface area (Å²) in [7, 11) is 1.62. The summed E-state index contributed by atoms with van der Waals surface area (Å²) in [5.74, 6) is 0.712. The molecule has 2 atom stereocenters. The standard InChI is InChI=1S/C20H22N2O3/c1-12-9-13(7-8-21-12)20(23)22-16-11-18-15(10-19(16)24-2)14-5-3-4-6-17(14)25-18/h3-6,10-13,21H,7-9H2,1-2H3,(H,22,23)/t12-,13-/m0/s1. The second-order valence-corrected chi connectivity index (χ2v) is 6.71. The number of carbonyl (C=O) groups is 1. The molecule has 0 bridgehead atoms. The highest BCUT2D eigenvalue weighted by molar-refractivity contribution is 6.07. The Hall–Kier alpha value is -2.53. The molecule has 0 aliphatic carbocycles. The minimum atomic E-state index is 0.0207. The van der Waals surface area contributed by atoms with Gasteiger partial charge in [0.25, 0.3) is 0 Å². The fourth-order valence-electron chi connectivity index (χ4n) is 3.62. The van der Waals surface area contributed by atoms with Crippen molar-refractivity contribution in [3.8, 4) is 5.75 Å². The molecule has 130 valence electrons. The molecule has 4 rings (SSSR count). The van der Waals surface area contributed by atoms with Crippen LogP contribution in [0.2, 0.25) is 0 Å². The van der Waals surface area contributed by atoms with E-state index in [4.69, 9.17) is 9.15 Å². The first kappa shape index (κ1) is 16.0.